The van der Waals surface area contributed by atoms with Gasteiger partial charge in [-0.1, -0.05) is 0 Å². The lowest BCUT2D eigenvalue weighted by Gasteiger charge is -2.37. The highest BCUT2D eigenvalue weighted by Gasteiger charge is 2.52. The Hall–Kier alpha value is -0.0462. The number of nitrogens with two attached hydrogens (primary N) is 2. The van der Waals surface area contributed by atoms with Gasteiger partial charge in [-0.05, 0) is 95.2 Å². The van der Waals surface area contributed by atoms with Gasteiger partial charge in [0.05, 0.1) is 0 Å². The fourth-order valence-corrected chi connectivity index (χ4v) is 8.13. The van der Waals surface area contributed by atoms with Crippen LogP contribution in [0.1, 0.15) is 94.9 Å². The normalized spacial score (nSPS) is 15.3. The molecule has 0 heterocycles. The average molecular weight is 619 g/mol. The van der Waals surface area contributed by atoms with Crippen molar-refractivity contribution >= 4 is 18.1 Å². The lowest BCUT2D eigenvalue weighted by atomic mass is 10.2. The molecule has 0 bridgehead atoms. The van der Waals surface area contributed by atoms with Gasteiger partial charge in [0.1, 0.15) is 0 Å². The van der Waals surface area contributed by atoms with Crippen molar-refractivity contribution in [1.82, 2.24) is 0 Å². The molecule has 0 rings (SSSR count). The molecule has 0 aliphatic heterocycles. The van der Waals surface area contributed by atoms with Gasteiger partial charge < -0.3 is 56.3 Å². The zero-order chi connectivity index (χ0) is 31.0. The SMILES string of the molecule is CCOC(C)(CCCN)O[Si](OCC)(OCC)OCC.CCOC(C)(CCCN)O[Si](OCC)(OCC)OCC. The first-order valence-electron chi connectivity index (χ1n) is 14.9. The summed E-state index contributed by atoms with van der Waals surface area (Å²) < 4.78 is 57.8. The Morgan fingerprint density at radius 3 is 0.875 bits per heavy atom. The number of ether oxygens (including phenoxy) is 2. The predicted molar refractivity (Wildman–Crippen MR) is 160 cm³/mol. The highest BCUT2D eigenvalue weighted by Crippen LogP contribution is 2.28. The molecule has 12 nitrogen and oxygen atoms in total. The van der Waals surface area contributed by atoms with E-state index in [0.717, 1.165) is 12.8 Å². The van der Waals surface area contributed by atoms with Crippen LogP contribution in [0, 0.1) is 0 Å². The zero-order valence-corrected chi connectivity index (χ0v) is 29.1. The van der Waals surface area contributed by atoms with Crippen molar-refractivity contribution in [1.29, 1.82) is 0 Å². The Morgan fingerprint density at radius 1 is 0.450 bits per heavy atom. The molecule has 0 amide bonds. The summed E-state index contributed by atoms with van der Waals surface area (Å²) in [5.74, 6) is -1.61. The molecule has 2 unspecified atom stereocenters. The van der Waals surface area contributed by atoms with Crippen molar-refractivity contribution in [2.24, 2.45) is 11.5 Å². The summed E-state index contributed by atoms with van der Waals surface area (Å²) in [6, 6.07) is 0. The lowest BCUT2D eigenvalue weighted by molar-refractivity contribution is -0.220. The van der Waals surface area contributed by atoms with E-state index in [0.29, 0.717) is 78.8 Å². The zero-order valence-electron chi connectivity index (χ0n) is 27.1. The van der Waals surface area contributed by atoms with Crippen LogP contribution in [0.2, 0.25) is 0 Å². The summed E-state index contributed by atoms with van der Waals surface area (Å²) >= 11 is 0. The van der Waals surface area contributed by atoms with E-state index in [2.05, 4.69) is 0 Å². The van der Waals surface area contributed by atoms with Crippen molar-refractivity contribution in [2.45, 2.75) is 106 Å². The first-order valence-corrected chi connectivity index (χ1v) is 18.2. The summed E-state index contributed by atoms with van der Waals surface area (Å²) in [6.45, 7) is 24.0. The van der Waals surface area contributed by atoms with E-state index in [1.807, 2.05) is 69.2 Å². The standard InChI is InChI=1S/2C13H31NO5Si/c2*1-6-15-13(5,11-10-12-14)19-20(16-7-2,17-8-3)18-9-4/h2*6-12,14H2,1-5H3. The minimum absolute atomic E-state index is 0.464. The molecule has 0 aromatic rings. The van der Waals surface area contributed by atoms with Crippen LogP contribution in [0.15, 0.2) is 0 Å². The van der Waals surface area contributed by atoms with Crippen LogP contribution in [0.4, 0.5) is 0 Å². The molecule has 0 aromatic carbocycles. The maximum Gasteiger partial charge on any atom is 0.681 e. The van der Waals surface area contributed by atoms with Crippen molar-refractivity contribution in [2.75, 3.05) is 65.9 Å². The second kappa shape index (κ2) is 24.4. The summed E-state index contributed by atoms with van der Waals surface area (Å²) in [5.41, 5.74) is 11.2. The molecule has 244 valence electrons. The van der Waals surface area contributed by atoms with Crippen LogP contribution in [0.3, 0.4) is 0 Å². The van der Waals surface area contributed by atoms with Gasteiger partial charge in [-0.15, -0.1) is 0 Å². The van der Waals surface area contributed by atoms with E-state index in [9.17, 15) is 0 Å². The second-order valence-corrected chi connectivity index (χ2v) is 12.9. The Labute approximate surface area is 246 Å². The van der Waals surface area contributed by atoms with Crippen molar-refractivity contribution in [3.63, 3.8) is 0 Å². The molecule has 14 heteroatoms. The minimum atomic E-state index is -3.18. The van der Waals surface area contributed by atoms with Gasteiger partial charge in [-0.2, -0.15) is 0 Å². The molecule has 0 aliphatic rings. The number of rotatable bonds is 26. The van der Waals surface area contributed by atoms with Crippen molar-refractivity contribution < 1.29 is 44.9 Å². The molecule has 0 radical (unpaired) electrons. The second-order valence-electron chi connectivity index (χ2n) is 8.72. The molecular weight excluding hydrogens is 556 g/mol. The average Bonchev–Trinajstić information content (AvgIpc) is 2.88. The Morgan fingerprint density at radius 2 is 0.700 bits per heavy atom. The van der Waals surface area contributed by atoms with Crippen molar-refractivity contribution in [3.05, 3.63) is 0 Å². The summed E-state index contributed by atoms with van der Waals surface area (Å²) in [4.78, 5) is 0. The van der Waals surface area contributed by atoms with Gasteiger partial charge in [0, 0.05) is 65.7 Å². The Bertz CT molecular complexity index is 504. The van der Waals surface area contributed by atoms with Crippen LogP contribution < -0.4 is 11.5 Å². The van der Waals surface area contributed by atoms with Crippen LogP contribution in [-0.4, -0.2) is 95.6 Å². The van der Waals surface area contributed by atoms with Crippen LogP contribution in [-0.2, 0) is 44.9 Å². The largest absolute Gasteiger partial charge is 0.681 e. The van der Waals surface area contributed by atoms with Gasteiger partial charge in [-0.3, -0.25) is 0 Å². The van der Waals surface area contributed by atoms with Gasteiger partial charge in [0.25, 0.3) is 0 Å². The Balaban J connectivity index is 0. The van der Waals surface area contributed by atoms with Gasteiger partial charge >= 0.3 is 18.1 Å². The van der Waals surface area contributed by atoms with E-state index in [1.54, 1.807) is 0 Å². The van der Waals surface area contributed by atoms with Gasteiger partial charge in [-0.25, -0.2) is 0 Å². The first-order chi connectivity index (χ1) is 19.0. The van der Waals surface area contributed by atoms with E-state index in [-0.39, 0.29) is 0 Å². The summed E-state index contributed by atoms with van der Waals surface area (Å²) in [6.07, 6.45) is 2.93. The molecule has 0 aliphatic carbocycles. The Kier molecular flexibility index (Phi) is 25.7. The smallest absolute Gasteiger partial charge is 0.351 e. The molecule has 0 spiro atoms. The third kappa shape index (κ3) is 17.8. The fraction of sp³-hybridized carbons (Fsp3) is 1.00. The van der Waals surface area contributed by atoms with Gasteiger partial charge in [0.15, 0.2) is 11.6 Å². The number of hydrogen-bond donors (Lipinski definition) is 2. The molecule has 0 saturated heterocycles. The molecule has 0 saturated carbocycles. The van der Waals surface area contributed by atoms with Crippen LogP contribution in [0.25, 0.3) is 0 Å². The maximum atomic E-state index is 6.08. The monoisotopic (exact) mass is 618 g/mol. The molecule has 4 N–H and O–H groups in total. The van der Waals surface area contributed by atoms with Crippen LogP contribution >= 0.6 is 0 Å². The topological polar surface area (TPSA) is 144 Å². The summed E-state index contributed by atoms with van der Waals surface area (Å²) in [5, 5.41) is 0. The van der Waals surface area contributed by atoms with E-state index in [4.69, 9.17) is 56.3 Å². The molecule has 40 heavy (non-hydrogen) atoms. The van der Waals surface area contributed by atoms with Crippen molar-refractivity contribution in [3.8, 4) is 0 Å². The third-order valence-electron chi connectivity index (χ3n) is 5.18. The number of hydrogen-bond acceptors (Lipinski definition) is 12. The van der Waals surface area contributed by atoms with E-state index < -0.39 is 29.7 Å². The quantitative estimate of drug-likeness (QED) is 0.106. The molecular formula is C26H62N2O10Si2. The van der Waals surface area contributed by atoms with Gasteiger partial charge in [0.2, 0.25) is 0 Å². The lowest BCUT2D eigenvalue weighted by Crippen LogP contribution is -2.55. The fourth-order valence-electron chi connectivity index (χ4n) is 3.78. The van der Waals surface area contributed by atoms with E-state index >= 15 is 0 Å². The maximum absolute atomic E-state index is 6.08. The van der Waals surface area contributed by atoms with E-state index in [1.165, 1.54) is 0 Å². The molecule has 0 fully saturated rings. The first kappa shape index (κ1) is 42.1. The molecule has 2 atom stereocenters. The highest BCUT2D eigenvalue weighted by atomic mass is 28.4. The predicted octanol–water partition coefficient (Wildman–Crippen LogP) is 4.08. The molecule has 0 aromatic heterocycles. The highest BCUT2D eigenvalue weighted by molar-refractivity contribution is 6.54. The minimum Gasteiger partial charge on any atom is -0.351 e. The van der Waals surface area contributed by atoms with Crippen LogP contribution in [0.5, 0.6) is 0 Å². The third-order valence-corrected chi connectivity index (χ3v) is 10.4. The summed E-state index contributed by atoms with van der Waals surface area (Å²) in [7, 11) is -6.37.